The lowest BCUT2D eigenvalue weighted by Gasteiger charge is -2.34. The van der Waals surface area contributed by atoms with Crippen LogP contribution >= 0.6 is 0 Å². The molecule has 8 nitrogen and oxygen atoms in total. The molecule has 2 aromatic carbocycles. The quantitative estimate of drug-likeness (QED) is 0.564. The van der Waals surface area contributed by atoms with E-state index in [0.29, 0.717) is 37.7 Å². The molecular weight excluding hydrogens is 406 g/mol. The van der Waals surface area contributed by atoms with Crippen LogP contribution in [0.3, 0.4) is 0 Å². The van der Waals surface area contributed by atoms with Crippen molar-refractivity contribution in [3.05, 3.63) is 66.2 Å². The molecule has 10 heteroatoms. The van der Waals surface area contributed by atoms with E-state index in [0.717, 1.165) is 5.69 Å². The molecule has 1 aliphatic heterocycles. The van der Waals surface area contributed by atoms with Gasteiger partial charge in [-0.3, -0.25) is 4.79 Å². The molecule has 0 unspecified atom stereocenters. The number of anilines is 1. The third-order valence-electron chi connectivity index (χ3n) is 4.87. The smallest absolute Gasteiger partial charge is 0.387 e. The van der Waals surface area contributed by atoms with Crippen molar-refractivity contribution in [2.24, 2.45) is 0 Å². The Balaban J connectivity index is 1.38. The van der Waals surface area contributed by atoms with E-state index in [1.54, 1.807) is 27.8 Å². The Kier molecular flexibility index (Phi) is 6.16. The minimum Gasteiger partial charge on any atom is -0.434 e. The fraction of sp³-hybridized carbons (Fsp3) is 0.238. The zero-order valence-corrected chi connectivity index (χ0v) is 16.5. The highest BCUT2D eigenvalue weighted by Crippen LogP contribution is 2.22. The van der Waals surface area contributed by atoms with Crippen LogP contribution in [0, 0.1) is 0 Å². The van der Waals surface area contributed by atoms with Crippen LogP contribution in [0.1, 0.15) is 5.56 Å². The first-order chi connectivity index (χ1) is 15.1. The van der Waals surface area contributed by atoms with Crippen molar-refractivity contribution in [3.63, 3.8) is 0 Å². The SMILES string of the molecule is O=C(/C=C/c1ccccc1OC(F)F)N1CCN(c2nnnn2-c2ccccc2)CC1. The Morgan fingerprint density at radius 1 is 1.00 bits per heavy atom. The summed E-state index contributed by atoms with van der Waals surface area (Å²) < 4.78 is 31.2. The van der Waals surface area contributed by atoms with E-state index in [9.17, 15) is 13.6 Å². The second-order valence-corrected chi connectivity index (χ2v) is 6.79. The molecule has 3 aromatic rings. The molecule has 2 heterocycles. The van der Waals surface area contributed by atoms with Gasteiger partial charge in [0.2, 0.25) is 11.9 Å². The van der Waals surface area contributed by atoms with Crippen molar-refractivity contribution in [2.75, 3.05) is 31.1 Å². The van der Waals surface area contributed by atoms with Crippen LogP contribution < -0.4 is 9.64 Å². The van der Waals surface area contributed by atoms with E-state index in [-0.39, 0.29) is 11.7 Å². The number of rotatable bonds is 6. The number of piperazine rings is 1. The van der Waals surface area contributed by atoms with Gasteiger partial charge >= 0.3 is 6.61 Å². The summed E-state index contributed by atoms with van der Waals surface area (Å²) in [6.07, 6.45) is 2.86. The van der Waals surface area contributed by atoms with Crippen LogP contribution in [-0.4, -0.2) is 63.8 Å². The maximum absolute atomic E-state index is 12.6. The van der Waals surface area contributed by atoms with E-state index in [1.165, 1.54) is 18.2 Å². The fourth-order valence-electron chi connectivity index (χ4n) is 3.33. The van der Waals surface area contributed by atoms with Crippen LogP contribution in [-0.2, 0) is 4.79 Å². The van der Waals surface area contributed by atoms with Crippen molar-refractivity contribution >= 4 is 17.9 Å². The third kappa shape index (κ3) is 4.85. The lowest BCUT2D eigenvalue weighted by molar-refractivity contribution is -0.126. The average Bonchev–Trinajstić information content (AvgIpc) is 3.29. The van der Waals surface area contributed by atoms with Crippen LogP contribution in [0.5, 0.6) is 5.75 Å². The molecule has 1 aliphatic rings. The van der Waals surface area contributed by atoms with Gasteiger partial charge in [-0.1, -0.05) is 41.5 Å². The number of hydrogen-bond donors (Lipinski definition) is 0. The highest BCUT2D eigenvalue weighted by molar-refractivity contribution is 5.92. The first-order valence-corrected chi connectivity index (χ1v) is 9.71. The van der Waals surface area contributed by atoms with Crippen molar-refractivity contribution < 1.29 is 18.3 Å². The van der Waals surface area contributed by atoms with Gasteiger partial charge in [-0.2, -0.15) is 13.5 Å². The first-order valence-electron chi connectivity index (χ1n) is 9.71. The van der Waals surface area contributed by atoms with Gasteiger partial charge in [0.05, 0.1) is 5.69 Å². The van der Waals surface area contributed by atoms with Crippen LogP contribution in [0.25, 0.3) is 11.8 Å². The van der Waals surface area contributed by atoms with Gasteiger partial charge < -0.3 is 14.5 Å². The number of hydrogen-bond acceptors (Lipinski definition) is 6. The van der Waals surface area contributed by atoms with Crippen LogP contribution in [0.2, 0.25) is 0 Å². The zero-order chi connectivity index (χ0) is 21.6. The largest absolute Gasteiger partial charge is 0.434 e. The first kappa shape index (κ1) is 20.5. The second kappa shape index (κ2) is 9.33. The molecule has 0 spiro atoms. The number of tetrazole rings is 1. The maximum atomic E-state index is 12.6. The van der Waals surface area contributed by atoms with Crippen molar-refractivity contribution in [2.45, 2.75) is 6.61 Å². The molecule has 1 amide bonds. The molecule has 0 aliphatic carbocycles. The van der Waals surface area contributed by atoms with Crippen molar-refractivity contribution in [1.29, 1.82) is 0 Å². The molecule has 4 rings (SSSR count). The summed E-state index contributed by atoms with van der Waals surface area (Å²) >= 11 is 0. The number of carbonyl (C=O) groups excluding carboxylic acids is 1. The Bertz CT molecular complexity index is 1050. The van der Waals surface area contributed by atoms with Gasteiger partial charge in [0.15, 0.2) is 0 Å². The van der Waals surface area contributed by atoms with E-state index < -0.39 is 6.61 Å². The molecule has 1 aromatic heterocycles. The van der Waals surface area contributed by atoms with E-state index in [4.69, 9.17) is 0 Å². The van der Waals surface area contributed by atoms with Gasteiger partial charge in [0, 0.05) is 37.8 Å². The Labute approximate surface area is 177 Å². The fourth-order valence-corrected chi connectivity index (χ4v) is 3.33. The summed E-state index contributed by atoms with van der Waals surface area (Å²) in [6.45, 7) is -0.818. The molecule has 0 saturated carbocycles. The van der Waals surface area contributed by atoms with Gasteiger partial charge in [0.25, 0.3) is 0 Å². The molecule has 0 bridgehead atoms. The van der Waals surface area contributed by atoms with E-state index >= 15 is 0 Å². The lowest BCUT2D eigenvalue weighted by Crippen LogP contribution is -2.49. The number of carbonyl (C=O) groups is 1. The number of amides is 1. The Morgan fingerprint density at radius 3 is 2.45 bits per heavy atom. The second-order valence-electron chi connectivity index (χ2n) is 6.79. The summed E-state index contributed by atoms with van der Waals surface area (Å²) in [5, 5.41) is 12.0. The highest BCUT2D eigenvalue weighted by Gasteiger charge is 2.24. The van der Waals surface area contributed by atoms with Crippen LogP contribution in [0.15, 0.2) is 60.7 Å². The highest BCUT2D eigenvalue weighted by atomic mass is 19.3. The van der Waals surface area contributed by atoms with Gasteiger partial charge in [-0.25, -0.2) is 0 Å². The van der Waals surface area contributed by atoms with E-state index in [2.05, 4.69) is 20.3 Å². The standard InChI is InChI=1S/C21H20F2N6O2/c22-20(23)31-18-9-5-4-6-16(18)10-11-19(30)27-12-14-28(15-13-27)21-24-25-26-29(21)17-7-2-1-3-8-17/h1-11,20H,12-15H2/b11-10+. The number of ether oxygens (including phenoxy) is 1. The number of benzene rings is 2. The molecule has 31 heavy (non-hydrogen) atoms. The molecule has 0 N–H and O–H groups in total. The van der Waals surface area contributed by atoms with Crippen molar-refractivity contribution in [3.8, 4) is 11.4 Å². The summed E-state index contributed by atoms with van der Waals surface area (Å²) in [5.74, 6) is 0.445. The summed E-state index contributed by atoms with van der Waals surface area (Å²) in [4.78, 5) is 16.3. The molecule has 1 fully saturated rings. The number of aromatic nitrogens is 4. The minimum absolute atomic E-state index is 0.0270. The number of halogens is 2. The van der Waals surface area contributed by atoms with Crippen LogP contribution in [0.4, 0.5) is 14.7 Å². The summed E-state index contributed by atoms with van der Waals surface area (Å²) in [6, 6.07) is 15.9. The molecule has 0 atom stereocenters. The Morgan fingerprint density at radius 2 is 1.71 bits per heavy atom. The lowest BCUT2D eigenvalue weighted by atomic mass is 10.2. The normalized spacial score (nSPS) is 14.4. The molecular formula is C21H20F2N6O2. The maximum Gasteiger partial charge on any atom is 0.387 e. The molecule has 1 saturated heterocycles. The number of para-hydroxylation sites is 2. The number of alkyl halides is 2. The predicted molar refractivity (Wildman–Crippen MR) is 110 cm³/mol. The zero-order valence-electron chi connectivity index (χ0n) is 16.5. The van der Waals surface area contributed by atoms with Crippen molar-refractivity contribution in [1.82, 2.24) is 25.1 Å². The number of nitrogens with zero attached hydrogens (tertiary/aromatic N) is 6. The molecule has 0 radical (unpaired) electrons. The minimum atomic E-state index is -2.93. The Hall–Kier alpha value is -3.82. The topological polar surface area (TPSA) is 76.4 Å². The summed E-state index contributed by atoms with van der Waals surface area (Å²) in [5.41, 5.74) is 1.27. The monoisotopic (exact) mass is 426 g/mol. The summed E-state index contributed by atoms with van der Waals surface area (Å²) in [7, 11) is 0. The van der Waals surface area contributed by atoms with E-state index in [1.807, 2.05) is 35.2 Å². The third-order valence-corrected chi connectivity index (χ3v) is 4.87. The predicted octanol–water partition coefficient (Wildman–Crippen LogP) is 2.63. The van der Waals surface area contributed by atoms with Gasteiger partial charge in [-0.05, 0) is 34.7 Å². The average molecular weight is 426 g/mol. The van der Waals surface area contributed by atoms with Gasteiger partial charge in [0.1, 0.15) is 5.75 Å². The molecule has 160 valence electrons. The van der Waals surface area contributed by atoms with Gasteiger partial charge in [-0.15, -0.1) is 0 Å².